The van der Waals surface area contributed by atoms with E-state index in [1.54, 1.807) is 0 Å². The van der Waals surface area contributed by atoms with Gasteiger partial charge in [0, 0.05) is 35.8 Å². The zero-order valence-corrected chi connectivity index (χ0v) is 20.2. The Labute approximate surface area is 205 Å². The lowest BCUT2D eigenvalue weighted by atomic mass is 10.1. The summed E-state index contributed by atoms with van der Waals surface area (Å²) in [7, 11) is -2.91. The van der Waals surface area contributed by atoms with Gasteiger partial charge in [-0.2, -0.15) is 4.31 Å². The molecular weight excluding hydrogens is 506 g/mol. The minimum atomic E-state index is -4.15. The molecule has 12 nitrogen and oxygen atoms in total. The highest BCUT2D eigenvalue weighted by Crippen LogP contribution is 2.33. The van der Waals surface area contributed by atoms with Gasteiger partial charge in [-0.05, 0) is 36.8 Å². The predicted molar refractivity (Wildman–Crippen MR) is 124 cm³/mol. The first-order valence-corrected chi connectivity index (χ1v) is 12.0. The number of hydrogen-bond donors (Lipinski definition) is 2. The number of hydrogen-bond acceptors (Lipinski definition) is 9. The molecule has 35 heavy (non-hydrogen) atoms. The summed E-state index contributed by atoms with van der Waals surface area (Å²) < 4.78 is 36.8. The third kappa shape index (κ3) is 5.88. The number of esters is 1. The van der Waals surface area contributed by atoms with Crippen molar-refractivity contribution >= 4 is 44.9 Å². The van der Waals surface area contributed by atoms with Gasteiger partial charge in [-0.1, -0.05) is 11.6 Å². The smallest absolute Gasteiger partial charge is 0.325 e. The SMILES string of the molecule is COc1cc(NC(=O)COC(=O)[C@H]2C[C@@H](O)CN2S(=O)(=O)c2ccc(Cl)cc2)c(C)cc1[N+](=O)[O-]. The van der Waals surface area contributed by atoms with E-state index in [0.29, 0.717) is 10.6 Å². The van der Waals surface area contributed by atoms with Crippen molar-refractivity contribution in [2.75, 3.05) is 25.6 Å². The highest BCUT2D eigenvalue weighted by molar-refractivity contribution is 7.89. The molecule has 0 unspecified atom stereocenters. The first kappa shape index (κ1) is 26.3. The van der Waals surface area contributed by atoms with Crippen molar-refractivity contribution in [3.63, 3.8) is 0 Å². The van der Waals surface area contributed by atoms with Gasteiger partial charge in [0.2, 0.25) is 10.0 Å². The molecule has 3 rings (SSSR count). The van der Waals surface area contributed by atoms with Gasteiger partial charge in [-0.3, -0.25) is 19.7 Å². The molecule has 2 aromatic carbocycles. The lowest BCUT2D eigenvalue weighted by Crippen LogP contribution is -2.42. The van der Waals surface area contributed by atoms with Gasteiger partial charge < -0.3 is 19.9 Å². The number of β-amino-alcohol motifs (C(OH)–C–C–N with tert-alkyl or cyclic N) is 1. The maximum Gasteiger partial charge on any atom is 0.325 e. The third-order valence-electron chi connectivity index (χ3n) is 5.27. The van der Waals surface area contributed by atoms with Crippen LogP contribution in [0.5, 0.6) is 5.75 Å². The summed E-state index contributed by atoms with van der Waals surface area (Å²) in [6, 6.07) is 6.47. The molecule has 0 spiro atoms. The average molecular weight is 528 g/mol. The van der Waals surface area contributed by atoms with Crippen LogP contribution in [0.15, 0.2) is 41.3 Å². The number of carbonyl (C=O) groups is 2. The fourth-order valence-electron chi connectivity index (χ4n) is 3.54. The first-order chi connectivity index (χ1) is 16.4. The predicted octanol–water partition coefficient (Wildman–Crippen LogP) is 1.87. The van der Waals surface area contributed by atoms with Crippen LogP contribution in [0, 0.1) is 17.0 Å². The van der Waals surface area contributed by atoms with Gasteiger partial charge in [-0.25, -0.2) is 8.42 Å². The van der Waals surface area contributed by atoms with Crippen molar-refractivity contribution in [2.24, 2.45) is 0 Å². The molecule has 0 bridgehead atoms. The van der Waals surface area contributed by atoms with E-state index in [1.165, 1.54) is 50.4 Å². The molecule has 2 aromatic rings. The minimum Gasteiger partial charge on any atom is -0.490 e. The highest BCUT2D eigenvalue weighted by Gasteiger charge is 2.44. The Bertz CT molecular complexity index is 1250. The van der Waals surface area contributed by atoms with E-state index in [1.807, 2.05) is 0 Å². The number of carbonyl (C=O) groups excluding carboxylic acids is 2. The van der Waals surface area contributed by atoms with Crippen LogP contribution in [-0.4, -0.2) is 67.0 Å². The number of anilines is 1. The number of benzene rings is 2. The Balaban J connectivity index is 1.69. The summed E-state index contributed by atoms with van der Waals surface area (Å²) >= 11 is 5.80. The van der Waals surface area contributed by atoms with E-state index >= 15 is 0 Å². The van der Waals surface area contributed by atoms with Crippen LogP contribution in [0.4, 0.5) is 11.4 Å². The van der Waals surface area contributed by atoms with Crippen LogP contribution in [0.25, 0.3) is 0 Å². The number of aryl methyl sites for hydroxylation is 1. The first-order valence-electron chi connectivity index (χ1n) is 10.2. The van der Waals surface area contributed by atoms with E-state index in [2.05, 4.69) is 5.32 Å². The molecule has 1 fully saturated rings. The summed E-state index contributed by atoms with van der Waals surface area (Å²) in [6.07, 6.45) is -1.30. The maximum absolute atomic E-state index is 13.0. The summed E-state index contributed by atoms with van der Waals surface area (Å²) in [5.41, 5.74) is 0.296. The summed E-state index contributed by atoms with van der Waals surface area (Å²) in [5, 5.41) is 23.9. The number of rotatable bonds is 8. The van der Waals surface area contributed by atoms with Crippen LogP contribution >= 0.6 is 11.6 Å². The number of nitro benzene ring substituents is 1. The van der Waals surface area contributed by atoms with Gasteiger partial charge >= 0.3 is 11.7 Å². The molecule has 2 atom stereocenters. The van der Waals surface area contributed by atoms with Crippen LogP contribution in [0.3, 0.4) is 0 Å². The lowest BCUT2D eigenvalue weighted by Gasteiger charge is -2.22. The number of amides is 1. The molecule has 1 aliphatic heterocycles. The monoisotopic (exact) mass is 527 g/mol. The van der Waals surface area contributed by atoms with E-state index in [0.717, 1.165) is 4.31 Å². The molecule has 1 amide bonds. The van der Waals surface area contributed by atoms with Crippen LogP contribution < -0.4 is 10.1 Å². The molecule has 0 radical (unpaired) electrons. The number of nitrogens with one attached hydrogen (secondary N) is 1. The summed E-state index contributed by atoms with van der Waals surface area (Å²) in [6.45, 7) is 0.463. The number of sulfonamides is 1. The van der Waals surface area contributed by atoms with Crippen molar-refractivity contribution in [1.82, 2.24) is 4.31 Å². The summed E-state index contributed by atoms with van der Waals surface area (Å²) in [5.74, 6) is -1.84. The number of aliphatic hydroxyl groups is 1. The van der Waals surface area contributed by atoms with Crippen LogP contribution in [0.1, 0.15) is 12.0 Å². The van der Waals surface area contributed by atoms with Crippen molar-refractivity contribution in [3.8, 4) is 5.75 Å². The zero-order valence-electron chi connectivity index (χ0n) is 18.6. The van der Waals surface area contributed by atoms with Crippen LogP contribution in [0.2, 0.25) is 5.02 Å². The van der Waals surface area contributed by atoms with E-state index < -0.39 is 45.6 Å². The molecule has 188 valence electrons. The van der Waals surface area contributed by atoms with E-state index in [-0.39, 0.29) is 35.0 Å². The molecule has 2 N–H and O–H groups in total. The van der Waals surface area contributed by atoms with Crippen molar-refractivity contribution in [2.45, 2.75) is 30.4 Å². The zero-order chi connectivity index (χ0) is 25.9. The second-order valence-corrected chi connectivity index (χ2v) is 10.0. The van der Waals surface area contributed by atoms with Crippen molar-refractivity contribution < 1.29 is 37.5 Å². The van der Waals surface area contributed by atoms with E-state index in [9.17, 15) is 33.2 Å². The largest absolute Gasteiger partial charge is 0.490 e. The molecule has 1 saturated heterocycles. The maximum atomic E-state index is 13.0. The fourth-order valence-corrected chi connectivity index (χ4v) is 5.29. The average Bonchev–Trinajstić information content (AvgIpc) is 3.21. The van der Waals surface area contributed by atoms with Gasteiger partial charge in [-0.15, -0.1) is 0 Å². The third-order valence-corrected chi connectivity index (χ3v) is 7.41. The molecule has 14 heteroatoms. The Morgan fingerprint density at radius 1 is 1.29 bits per heavy atom. The van der Waals surface area contributed by atoms with Gasteiger partial charge in [0.1, 0.15) is 6.04 Å². The second-order valence-electron chi connectivity index (χ2n) is 7.69. The van der Waals surface area contributed by atoms with Gasteiger partial charge in [0.15, 0.2) is 12.4 Å². The molecule has 1 heterocycles. The standard InChI is InChI=1S/C21H22ClN3O9S/c1-12-7-17(25(29)30)19(33-2)9-16(12)23-20(27)11-34-21(28)18-8-14(26)10-24(18)35(31,32)15-5-3-13(22)4-6-15/h3-7,9,14,18,26H,8,10-11H2,1-2H3,(H,23,27)/t14-,18-/m1/s1. The minimum absolute atomic E-state index is 0.0733. The lowest BCUT2D eigenvalue weighted by molar-refractivity contribution is -0.385. The molecule has 0 saturated carbocycles. The normalized spacial score (nSPS) is 18.2. The number of halogens is 1. The van der Waals surface area contributed by atoms with Gasteiger partial charge in [0.25, 0.3) is 5.91 Å². The number of aliphatic hydroxyl groups excluding tert-OH is 1. The number of nitrogens with zero attached hydrogens (tertiary/aromatic N) is 2. The van der Waals surface area contributed by atoms with Crippen molar-refractivity contribution in [1.29, 1.82) is 0 Å². The number of methoxy groups -OCH3 is 1. The van der Waals surface area contributed by atoms with Gasteiger partial charge in [0.05, 0.1) is 23.0 Å². The number of ether oxygens (including phenoxy) is 2. The molecule has 1 aliphatic rings. The van der Waals surface area contributed by atoms with Crippen molar-refractivity contribution in [3.05, 3.63) is 57.1 Å². The van der Waals surface area contributed by atoms with Crippen LogP contribution in [-0.2, 0) is 24.3 Å². The summed E-state index contributed by atoms with van der Waals surface area (Å²) in [4.78, 5) is 35.3. The fraction of sp³-hybridized carbons (Fsp3) is 0.333. The Morgan fingerprint density at radius 3 is 2.54 bits per heavy atom. The highest BCUT2D eigenvalue weighted by atomic mass is 35.5. The Kier molecular flexibility index (Phi) is 7.95. The molecular formula is C21H22ClN3O9S. The molecule has 0 aromatic heterocycles. The molecule has 0 aliphatic carbocycles. The number of nitro groups is 1. The van der Waals surface area contributed by atoms with E-state index in [4.69, 9.17) is 21.1 Å². The Hall–Kier alpha value is -3.26. The quantitative estimate of drug-likeness (QED) is 0.296. The Morgan fingerprint density at radius 2 is 1.94 bits per heavy atom. The topological polar surface area (TPSA) is 165 Å². The second kappa shape index (κ2) is 10.6.